The first kappa shape index (κ1) is 15.3. The number of ether oxygens (including phenoxy) is 1. The van der Waals surface area contributed by atoms with Crippen LogP contribution in [0.1, 0.15) is 10.5 Å². The van der Waals surface area contributed by atoms with Crippen molar-refractivity contribution in [1.82, 2.24) is 9.97 Å². The molecule has 2 aromatic heterocycles. The topological polar surface area (TPSA) is 77.2 Å². The van der Waals surface area contributed by atoms with Crippen molar-refractivity contribution in [3.63, 3.8) is 0 Å². The van der Waals surface area contributed by atoms with Gasteiger partial charge in [-0.2, -0.15) is 0 Å². The van der Waals surface area contributed by atoms with Gasteiger partial charge in [-0.1, -0.05) is 23.2 Å². The zero-order valence-electron chi connectivity index (χ0n) is 11.5. The average molecular weight is 350 g/mol. The smallest absolute Gasteiger partial charge is 0.277 e. The number of hydrogen-bond donors (Lipinski definition) is 1. The van der Waals surface area contributed by atoms with E-state index in [0.29, 0.717) is 27.4 Å². The first-order valence-corrected chi connectivity index (χ1v) is 7.16. The molecule has 0 bridgehead atoms. The van der Waals surface area contributed by atoms with Crippen LogP contribution in [0.25, 0.3) is 0 Å². The molecule has 0 unspecified atom stereocenters. The second kappa shape index (κ2) is 6.68. The Labute approximate surface area is 141 Å². The number of nitrogens with one attached hydrogen (secondary N) is 1. The van der Waals surface area contributed by atoms with Gasteiger partial charge in [0.1, 0.15) is 12.0 Å². The lowest BCUT2D eigenvalue weighted by molar-refractivity contribution is 0.102. The number of benzene rings is 1. The van der Waals surface area contributed by atoms with E-state index in [2.05, 4.69) is 15.3 Å². The maximum atomic E-state index is 11.9. The average Bonchev–Trinajstić information content (AvgIpc) is 3.06. The minimum Gasteiger partial charge on any atom is -0.451 e. The molecule has 116 valence electrons. The number of rotatable bonds is 4. The lowest BCUT2D eigenvalue weighted by Crippen LogP contribution is -2.12. The number of carbonyl (C=O) groups excluding carboxylic acids is 1. The molecule has 0 radical (unpaired) electrons. The van der Waals surface area contributed by atoms with Gasteiger partial charge in [0, 0.05) is 18.0 Å². The van der Waals surface area contributed by atoms with Gasteiger partial charge in [-0.3, -0.25) is 4.79 Å². The van der Waals surface area contributed by atoms with Crippen LogP contribution >= 0.6 is 23.2 Å². The summed E-state index contributed by atoms with van der Waals surface area (Å²) < 4.78 is 10.3. The van der Waals surface area contributed by atoms with E-state index in [-0.39, 0.29) is 5.69 Å². The number of nitrogens with zero attached hydrogens (tertiary/aromatic N) is 2. The first-order chi connectivity index (χ1) is 11.1. The fourth-order valence-electron chi connectivity index (χ4n) is 1.72. The third-order valence-electron chi connectivity index (χ3n) is 2.77. The maximum absolute atomic E-state index is 11.9. The van der Waals surface area contributed by atoms with Crippen molar-refractivity contribution < 1.29 is 13.9 Å². The molecule has 0 aliphatic carbocycles. The molecule has 2 heterocycles. The second-order valence-corrected chi connectivity index (χ2v) is 5.23. The van der Waals surface area contributed by atoms with Crippen molar-refractivity contribution in [3.05, 3.63) is 64.9 Å². The summed E-state index contributed by atoms with van der Waals surface area (Å²) in [6, 6.07) is 8.11. The maximum Gasteiger partial charge on any atom is 0.277 e. The van der Waals surface area contributed by atoms with Crippen LogP contribution in [0.3, 0.4) is 0 Å². The van der Waals surface area contributed by atoms with E-state index in [1.165, 1.54) is 18.9 Å². The van der Waals surface area contributed by atoms with E-state index < -0.39 is 5.91 Å². The van der Waals surface area contributed by atoms with Crippen LogP contribution in [0.5, 0.6) is 11.6 Å². The van der Waals surface area contributed by atoms with Gasteiger partial charge in [0.15, 0.2) is 12.1 Å². The Morgan fingerprint density at radius 3 is 2.70 bits per heavy atom. The fourth-order valence-corrected chi connectivity index (χ4v) is 2.05. The van der Waals surface area contributed by atoms with Gasteiger partial charge in [-0.25, -0.2) is 9.97 Å². The Bertz CT molecular complexity index is 820. The zero-order valence-corrected chi connectivity index (χ0v) is 13.0. The molecule has 23 heavy (non-hydrogen) atoms. The summed E-state index contributed by atoms with van der Waals surface area (Å²) >= 11 is 11.9. The number of oxazole rings is 1. The van der Waals surface area contributed by atoms with Gasteiger partial charge in [0.05, 0.1) is 10.0 Å². The SMILES string of the molecule is O=C(Nc1ccc(Oc2ccc(Cl)cn2)c(Cl)c1)c1cocn1. The van der Waals surface area contributed by atoms with Crippen LogP contribution in [0.15, 0.2) is 53.6 Å². The molecule has 1 N–H and O–H groups in total. The largest absolute Gasteiger partial charge is 0.451 e. The normalized spacial score (nSPS) is 10.3. The fraction of sp³-hybridized carbons (Fsp3) is 0. The molecule has 0 spiro atoms. The number of anilines is 1. The molecule has 1 aromatic carbocycles. The van der Waals surface area contributed by atoms with Gasteiger partial charge in [0.25, 0.3) is 5.91 Å². The van der Waals surface area contributed by atoms with Gasteiger partial charge in [-0.05, 0) is 24.3 Å². The van der Waals surface area contributed by atoms with Crippen LogP contribution in [-0.4, -0.2) is 15.9 Å². The van der Waals surface area contributed by atoms with E-state index in [9.17, 15) is 4.79 Å². The number of hydrogen-bond acceptors (Lipinski definition) is 5. The third kappa shape index (κ3) is 3.80. The Hall–Kier alpha value is -2.57. The van der Waals surface area contributed by atoms with E-state index >= 15 is 0 Å². The van der Waals surface area contributed by atoms with E-state index in [1.54, 1.807) is 30.3 Å². The summed E-state index contributed by atoms with van der Waals surface area (Å²) in [5.74, 6) is 0.361. The minimum absolute atomic E-state index is 0.173. The van der Waals surface area contributed by atoms with Gasteiger partial charge >= 0.3 is 0 Å². The highest BCUT2D eigenvalue weighted by atomic mass is 35.5. The molecule has 0 saturated carbocycles. The van der Waals surface area contributed by atoms with Crippen LogP contribution in [-0.2, 0) is 0 Å². The molecule has 6 nitrogen and oxygen atoms in total. The van der Waals surface area contributed by atoms with Crippen LogP contribution in [0, 0.1) is 0 Å². The number of halogens is 2. The molecular weight excluding hydrogens is 341 g/mol. The second-order valence-electron chi connectivity index (χ2n) is 4.39. The minimum atomic E-state index is -0.400. The summed E-state index contributed by atoms with van der Waals surface area (Å²) in [6.07, 6.45) is 3.90. The van der Waals surface area contributed by atoms with Crippen LogP contribution in [0.4, 0.5) is 5.69 Å². The van der Waals surface area contributed by atoms with Crippen molar-refractivity contribution >= 4 is 34.8 Å². The van der Waals surface area contributed by atoms with Crippen molar-refractivity contribution in [2.75, 3.05) is 5.32 Å². The molecule has 1 amide bonds. The molecule has 3 aromatic rings. The summed E-state index contributed by atoms with van der Waals surface area (Å²) in [4.78, 5) is 19.6. The lowest BCUT2D eigenvalue weighted by Gasteiger charge is -2.09. The monoisotopic (exact) mass is 349 g/mol. The summed E-state index contributed by atoms with van der Waals surface area (Å²) in [6.45, 7) is 0. The summed E-state index contributed by atoms with van der Waals surface area (Å²) in [7, 11) is 0. The van der Waals surface area contributed by atoms with Gasteiger partial charge in [-0.15, -0.1) is 0 Å². The van der Waals surface area contributed by atoms with E-state index in [1.807, 2.05) is 0 Å². The lowest BCUT2D eigenvalue weighted by atomic mass is 10.3. The molecule has 0 aliphatic heterocycles. The summed E-state index contributed by atoms with van der Waals surface area (Å²) in [5, 5.41) is 3.48. The van der Waals surface area contributed by atoms with Gasteiger partial charge < -0.3 is 14.5 Å². The molecule has 8 heteroatoms. The van der Waals surface area contributed by atoms with Crippen molar-refractivity contribution in [2.45, 2.75) is 0 Å². The van der Waals surface area contributed by atoms with Gasteiger partial charge in [0.2, 0.25) is 5.88 Å². The molecule has 0 atom stereocenters. The Morgan fingerprint density at radius 1 is 1.17 bits per heavy atom. The molecule has 0 aliphatic rings. The number of amides is 1. The third-order valence-corrected chi connectivity index (χ3v) is 3.29. The molecule has 3 rings (SSSR count). The van der Waals surface area contributed by atoms with E-state index in [4.69, 9.17) is 32.4 Å². The van der Waals surface area contributed by atoms with E-state index in [0.717, 1.165) is 0 Å². The molecule has 0 saturated heterocycles. The highest BCUT2D eigenvalue weighted by Gasteiger charge is 2.11. The van der Waals surface area contributed by atoms with Crippen molar-refractivity contribution in [1.29, 1.82) is 0 Å². The van der Waals surface area contributed by atoms with Crippen molar-refractivity contribution in [3.8, 4) is 11.6 Å². The highest BCUT2D eigenvalue weighted by molar-refractivity contribution is 6.32. The molecular formula is C15H9Cl2N3O3. The first-order valence-electron chi connectivity index (χ1n) is 6.40. The number of pyridine rings is 1. The van der Waals surface area contributed by atoms with Crippen LogP contribution < -0.4 is 10.1 Å². The Morgan fingerprint density at radius 2 is 2.04 bits per heavy atom. The predicted molar refractivity (Wildman–Crippen MR) is 85.2 cm³/mol. The number of aromatic nitrogens is 2. The Balaban J connectivity index is 1.73. The Kier molecular flexibility index (Phi) is 4.45. The van der Waals surface area contributed by atoms with Crippen molar-refractivity contribution in [2.24, 2.45) is 0 Å². The molecule has 0 fully saturated rings. The summed E-state index contributed by atoms with van der Waals surface area (Å²) in [5.41, 5.74) is 0.672. The van der Waals surface area contributed by atoms with Crippen LogP contribution in [0.2, 0.25) is 10.0 Å². The number of carbonyl (C=O) groups is 1. The quantitative estimate of drug-likeness (QED) is 0.754. The standard InChI is InChI=1S/C15H9Cl2N3O3/c16-9-1-4-14(18-6-9)23-13-3-2-10(5-11(13)17)20-15(21)12-7-22-8-19-12/h1-8H,(H,20,21). The zero-order chi connectivity index (χ0) is 16.2. The predicted octanol–water partition coefficient (Wildman–Crippen LogP) is 4.42. The highest BCUT2D eigenvalue weighted by Crippen LogP contribution is 2.31.